The number of nitrogens with one attached hydrogen (secondary N) is 1. The van der Waals surface area contributed by atoms with E-state index in [1.54, 1.807) is 7.11 Å². The number of hydrogen-bond acceptors (Lipinski definition) is 4. The topological polar surface area (TPSA) is 38.7 Å². The van der Waals surface area contributed by atoms with Crippen molar-refractivity contribution in [3.63, 3.8) is 0 Å². The molecule has 2 saturated heterocycles. The van der Waals surface area contributed by atoms with E-state index in [2.05, 4.69) is 75.6 Å². The molecule has 2 spiro atoms. The minimum atomic E-state index is -0.182. The number of benzene rings is 2. The number of aromatic nitrogens is 1. The van der Waals surface area contributed by atoms with Crippen LogP contribution in [0.1, 0.15) is 36.9 Å². The lowest BCUT2D eigenvalue weighted by Gasteiger charge is -2.41. The maximum absolute atomic E-state index is 6.66. The third-order valence-corrected chi connectivity index (χ3v) is 7.87. The molecule has 0 saturated carbocycles. The Morgan fingerprint density at radius 3 is 2.70 bits per heavy atom. The summed E-state index contributed by atoms with van der Waals surface area (Å²) in [5.74, 6) is 0.879. The van der Waals surface area contributed by atoms with Gasteiger partial charge >= 0.3 is 0 Å². The summed E-state index contributed by atoms with van der Waals surface area (Å²) in [5.41, 5.74) is 4.83. The zero-order valence-electron chi connectivity index (χ0n) is 19.4. The molecular formula is C28H33N3O2. The summed E-state index contributed by atoms with van der Waals surface area (Å²) in [6.45, 7) is 4.12. The third-order valence-electron chi connectivity index (χ3n) is 7.87. The predicted molar refractivity (Wildman–Crippen MR) is 131 cm³/mol. The van der Waals surface area contributed by atoms with Gasteiger partial charge in [0, 0.05) is 31.8 Å². The maximum atomic E-state index is 6.66. The molecule has 5 heteroatoms. The first-order valence-corrected chi connectivity index (χ1v) is 12.2. The molecule has 0 amide bonds. The lowest BCUT2D eigenvalue weighted by molar-refractivity contribution is -0.0438. The van der Waals surface area contributed by atoms with E-state index in [4.69, 9.17) is 9.47 Å². The fourth-order valence-corrected chi connectivity index (χ4v) is 6.08. The maximum Gasteiger partial charge on any atom is 0.121 e. The number of methoxy groups -OCH3 is 1. The number of hydrogen-bond donors (Lipinski definition) is 1. The molecule has 2 fully saturated rings. The van der Waals surface area contributed by atoms with Crippen molar-refractivity contribution in [3.8, 4) is 11.4 Å². The zero-order chi connectivity index (χ0) is 22.3. The highest BCUT2D eigenvalue weighted by Gasteiger charge is 2.53. The van der Waals surface area contributed by atoms with E-state index < -0.39 is 0 Å². The molecule has 2 aromatic carbocycles. The van der Waals surface area contributed by atoms with Crippen molar-refractivity contribution in [2.75, 3.05) is 38.7 Å². The van der Waals surface area contributed by atoms with Crippen LogP contribution in [-0.4, -0.2) is 48.4 Å². The number of rotatable bonds is 5. The van der Waals surface area contributed by atoms with E-state index in [1.807, 2.05) is 6.07 Å². The van der Waals surface area contributed by atoms with Gasteiger partial charge < -0.3 is 24.3 Å². The lowest BCUT2D eigenvalue weighted by Crippen LogP contribution is -2.47. The van der Waals surface area contributed by atoms with Crippen LogP contribution < -0.4 is 10.1 Å². The van der Waals surface area contributed by atoms with Gasteiger partial charge in [0.15, 0.2) is 0 Å². The van der Waals surface area contributed by atoms with Gasteiger partial charge in [-0.1, -0.05) is 30.3 Å². The third kappa shape index (κ3) is 3.73. The highest BCUT2D eigenvalue weighted by Crippen LogP contribution is 2.50. The molecular weight excluding hydrogens is 410 g/mol. The molecule has 172 valence electrons. The van der Waals surface area contributed by atoms with Gasteiger partial charge in [-0.15, -0.1) is 0 Å². The smallest absolute Gasteiger partial charge is 0.121 e. The van der Waals surface area contributed by atoms with Crippen LogP contribution in [0.3, 0.4) is 0 Å². The second kappa shape index (κ2) is 8.23. The van der Waals surface area contributed by atoms with Crippen LogP contribution >= 0.6 is 0 Å². The van der Waals surface area contributed by atoms with Crippen LogP contribution in [0.25, 0.3) is 5.69 Å². The molecule has 0 bridgehead atoms. The summed E-state index contributed by atoms with van der Waals surface area (Å²) < 4.78 is 14.5. The summed E-state index contributed by atoms with van der Waals surface area (Å²) in [7, 11) is 1.72. The van der Waals surface area contributed by atoms with E-state index in [0.29, 0.717) is 6.61 Å². The van der Waals surface area contributed by atoms with Crippen molar-refractivity contribution in [1.82, 2.24) is 9.47 Å². The van der Waals surface area contributed by atoms with E-state index in [9.17, 15) is 0 Å². The number of ether oxygens (including phenoxy) is 2. The van der Waals surface area contributed by atoms with Crippen molar-refractivity contribution < 1.29 is 9.47 Å². The van der Waals surface area contributed by atoms with Gasteiger partial charge in [0.1, 0.15) is 11.3 Å². The van der Waals surface area contributed by atoms with Crippen LogP contribution in [0.15, 0.2) is 66.9 Å². The summed E-state index contributed by atoms with van der Waals surface area (Å²) in [4.78, 5) is 2.62. The quantitative estimate of drug-likeness (QED) is 0.603. The molecule has 3 aliphatic heterocycles. The molecule has 0 aliphatic carbocycles. The second-order valence-corrected chi connectivity index (χ2v) is 9.93. The Balaban J connectivity index is 1.13. The van der Waals surface area contributed by atoms with Crippen LogP contribution in [-0.2, 0) is 16.7 Å². The minimum absolute atomic E-state index is 0.0333. The van der Waals surface area contributed by atoms with Crippen molar-refractivity contribution in [3.05, 3.63) is 78.1 Å². The van der Waals surface area contributed by atoms with Crippen molar-refractivity contribution in [2.24, 2.45) is 0 Å². The fraction of sp³-hybridized carbons (Fsp3) is 0.429. The number of likely N-dealkylation sites (tertiary alicyclic amines) is 1. The minimum Gasteiger partial charge on any atom is -0.497 e. The van der Waals surface area contributed by atoms with E-state index in [1.165, 1.54) is 29.9 Å². The average molecular weight is 444 g/mol. The molecule has 6 rings (SSSR count). The van der Waals surface area contributed by atoms with Gasteiger partial charge in [-0.05, 0) is 62.1 Å². The summed E-state index contributed by atoms with van der Waals surface area (Å²) in [6.07, 6.45) is 7.77. The van der Waals surface area contributed by atoms with Crippen LogP contribution in [0.5, 0.6) is 5.75 Å². The molecule has 1 aromatic heterocycles. The predicted octanol–water partition coefficient (Wildman–Crippen LogP) is 4.99. The Morgan fingerprint density at radius 1 is 1.03 bits per heavy atom. The Bertz CT molecular complexity index is 1120. The number of nitrogens with zero attached hydrogens (tertiary/aromatic N) is 2. The Labute approximate surface area is 196 Å². The highest BCUT2D eigenvalue weighted by atomic mass is 16.5. The number of anilines is 1. The molecule has 5 nitrogen and oxygen atoms in total. The number of piperidine rings is 1. The first-order chi connectivity index (χ1) is 16.2. The molecule has 4 heterocycles. The SMILES string of the molecule is COc1ccc2c(c1)N[C@]1(COC3(CCN(CCCc4ccccc4)CC3)C1)c1cccn1-2. The highest BCUT2D eigenvalue weighted by molar-refractivity contribution is 5.69. The van der Waals surface area contributed by atoms with E-state index in [-0.39, 0.29) is 11.1 Å². The van der Waals surface area contributed by atoms with Crippen molar-refractivity contribution in [1.29, 1.82) is 0 Å². The van der Waals surface area contributed by atoms with Crippen LogP contribution in [0, 0.1) is 0 Å². The lowest BCUT2D eigenvalue weighted by atomic mass is 9.79. The second-order valence-electron chi connectivity index (χ2n) is 9.93. The average Bonchev–Trinajstić information content (AvgIpc) is 3.48. The standard InChI is InChI=1S/C28H33N3O2/c1-32-23-11-12-25-24(19-23)29-28(26-10-6-16-31(25)26)20-27(33-21-28)13-17-30(18-14-27)15-5-9-22-7-3-2-4-8-22/h2-4,6-8,10-12,16,19,29H,5,9,13-15,17-18,20-21H2,1H3/t28-/m1/s1. The van der Waals surface area contributed by atoms with Crippen molar-refractivity contribution >= 4 is 5.69 Å². The summed E-state index contributed by atoms with van der Waals surface area (Å²) >= 11 is 0. The fourth-order valence-electron chi connectivity index (χ4n) is 6.08. The molecule has 0 radical (unpaired) electrons. The summed E-state index contributed by atoms with van der Waals surface area (Å²) in [5, 5.41) is 3.89. The largest absolute Gasteiger partial charge is 0.497 e. The molecule has 3 aliphatic rings. The van der Waals surface area contributed by atoms with E-state index >= 15 is 0 Å². The Hall–Kier alpha value is -2.76. The van der Waals surface area contributed by atoms with E-state index in [0.717, 1.165) is 50.2 Å². The van der Waals surface area contributed by atoms with Gasteiger partial charge in [-0.25, -0.2) is 0 Å². The Kier molecular flexibility index (Phi) is 5.19. The van der Waals surface area contributed by atoms with Crippen molar-refractivity contribution in [2.45, 2.75) is 43.2 Å². The summed E-state index contributed by atoms with van der Waals surface area (Å²) in [6, 6.07) is 21.5. The molecule has 3 aromatic rings. The normalized spacial score (nSPS) is 23.3. The van der Waals surface area contributed by atoms with Crippen LogP contribution in [0.4, 0.5) is 5.69 Å². The zero-order valence-corrected chi connectivity index (χ0v) is 19.4. The number of fused-ring (bicyclic) bond motifs is 4. The number of aryl methyl sites for hydroxylation is 1. The molecule has 33 heavy (non-hydrogen) atoms. The van der Waals surface area contributed by atoms with Crippen LogP contribution in [0.2, 0.25) is 0 Å². The molecule has 1 atom stereocenters. The van der Waals surface area contributed by atoms with Gasteiger partial charge in [0.25, 0.3) is 0 Å². The van der Waals surface area contributed by atoms with Gasteiger partial charge in [0.05, 0.1) is 36.4 Å². The van der Waals surface area contributed by atoms with Gasteiger partial charge in [-0.2, -0.15) is 0 Å². The molecule has 0 unspecified atom stereocenters. The monoisotopic (exact) mass is 443 g/mol. The molecule has 1 N–H and O–H groups in total. The van der Waals surface area contributed by atoms with Gasteiger partial charge in [0.2, 0.25) is 0 Å². The Morgan fingerprint density at radius 2 is 1.88 bits per heavy atom. The first kappa shape index (κ1) is 20.8. The first-order valence-electron chi connectivity index (χ1n) is 12.2. The van der Waals surface area contributed by atoms with Gasteiger partial charge in [-0.3, -0.25) is 0 Å².